The van der Waals surface area contributed by atoms with Crippen molar-refractivity contribution in [2.45, 2.75) is 5.41 Å². The van der Waals surface area contributed by atoms with Gasteiger partial charge in [0.05, 0.1) is 20.4 Å². The first-order valence-electron chi connectivity index (χ1n) is 19.2. The first-order valence-corrected chi connectivity index (χ1v) is 21.1. The molecule has 1 aliphatic carbocycles. The quantitative estimate of drug-likeness (QED) is 0.156. The van der Waals surface area contributed by atoms with Crippen LogP contribution in [0.2, 0.25) is 0 Å². The number of aromatic nitrogens is 2. The Hall–Kier alpha value is -6.21. The van der Waals surface area contributed by atoms with E-state index < -0.39 is 5.41 Å². The van der Waals surface area contributed by atoms with Gasteiger partial charge in [-0.2, -0.15) is 0 Å². The summed E-state index contributed by atoms with van der Waals surface area (Å²) in [7, 11) is 0. The van der Waals surface area contributed by atoms with Crippen LogP contribution in [0.4, 0.5) is 0 Å². The van der Waals surface area contributed by atoms with Crippen molar-refractivity contribution in [1.29, 1.82) is 0 Å². The summed E-state index contributed by atoms with van der Waals surface area (Å²) in [5.74, 6) is 0.701. The highest BCUT2D eigenvalue weighted by molar-refractivity contribution is 14.1. The minimum Gasteiger partial charge on any atom is -0.227 e. The first kappa shape index (κ1) is 34.1. The normalized spacial score (nSPS) is 12.8. The molecule has 0 amide bonds. The van der Waals surface area contributed by atoms with E-state index in [1.807, 2.05) is 11.3 Å². The second-order valence-electron chi connectivity index (χ2n) is 14.6. The van der Waals surface area contributed by atoms with Crippen LogP contribution >= 0.6 is 33.9 Å². The fourth-order valence-corrected chi connectivity index (χ4v) is 10.9. The molecule has 8 aromatic carbocycles. The minimum absolute atomic E-state index is 0.567. The van der Waals surface area contributed by atoms with Gasteiger partial charge in [-0.15, -0.1) is 11.3 Å². The van der Waals surface area contributed by atoms with Crippen molar-refractivity contribution in [3.63, 3.8) is 0 Å². The van der Waals surface area contributed by atoms with Crippen LogP contribution in [0.1, 0.15) is 22.3 Å². The van der Waals surface area contributed by atoms with Gasteiger partial charge in [-0.05, 0) is 97.4 Å². The number of nitrogens with zero attached hydrogens (tertiary/aromatic N) is 2. The van der Waals surface area contributed by atoms with Crippen molar-refractivity contribution in [3.8, 4) is 56.2 Å². The molecule has 0 bridgehead atoms. The van der Waals surface area contributed by atoms with Crippen LogP contribution in [-0.4, -0.2) is 9.97 Å². The molecule has 2 heterocycles. The van der Waals surface area contributed by atoms with E-state index in [0.717, 1.165) is 42.8 Å². The third-order valence-corrected chi connectivity index (χ3v) is 13.6. The summed E-state index contributed by atoms with van der Waals surface area (Å²) in [6.45, 7) is 0. The largest absolute Gasteiger partial charge is 0.227 e. The summed E-state index contributed by atoms with van der Waals surface area (Å²) in [5.41, 5.74) is 14.1. The predicted octanol–water partition coefficient (Wildman–Crippen LogP) is 14.5. The maximum atomic E-state index is 5.54. The maximum absolute atomic E-state index is 5.54. The summed E-state index contributed by atoms with van der Waals surface area (Å²) in [6.07, 6.45) is 0. The SMILES string of the molecule is Ic1c(-c2ccccc2)nc(-c2cc3c(cc2-c2ccc4sc5ccccc5c4c2)-c2ccccc2C3(c2ccccc2)c2ccccc2)nc1-c1ccccc1. The molecule has 1 aliphatic rings. The molecule has 0 aliphatic heterocycles. The zero-order valence-corrected chi connectivity index (χ0v) is 33.7. The molecular formula is C53H33IN2S. The topological polar surface area (TPSA) is 25.8 Å². The van der Waals surface area contributed by atoms with Crippen molar-refractivity contribution in [2.75, 3.05) is 0 Å². The van der Waals surface area contributed by atoms with E-state index in [-0.39, 0.29) is 0 Å². The van der Waals surface area contributed by atoms with Crippen LogP contribution in [0, 0.1) is 3.57 Å². The van der Waals surface area contributed by atoms with Crippen molar-refractivity contribution in [3.05, 3.63) is 226 Å². The first-order chi connectivity index (χ1) is 28.2. The van der Waals surface area contributed by atoms with Crippen LogP contribution in [0.5, 0.6) is 0 Å². The van der Waals surface area contributed by atoms with Gasteiger partial charge in [0.25, 0.3) is 0 Å². The Morgan fingerprint density at radius 2 is 0.930 bits per heavy atom. The lowest BCUT2D eigenvalue weighted by molar-refractivity contribution is 0.768. The van der Waals surface area contributed by atoms with Crippen LogP contribution in [-0.2, 0) is 5.41 Å². The minimum atomic E-state index is -0.567. The van der Waals surface area contributed by atoms with Crippen LogP contribution in [0.3, 0.4) is 0 Å². The van der Waals surface area contributed by atoms with Gasteiger partial charge in [-0.1, -0.05) is 170 Å². The highest BCUT2D eigenvalue weighted by Gasteiger charge is 2.46. The average Bonchev–Trinajstić information content (AvgIpc) is 3.80. The van der Waals surface area contributed by atoms with E-state index in [2.05, 4.69) is 223 Å². The molecular weight excluding hydrogens is 824 g/mol. The molecule has 2 nitrogen and oxygen atoms in total. The molecule has 0 N–H and O–H groups in total. The van der Waals surface area contributed by atoms with Crippen molar-refractivity contribution in [1.82, 2.24) is 9.97 Å². The Morgan fingerprint density at radius 1 is 0.386 bits per heavy atom. The smallest absolute Gasteiger partial charge is 0.161 e. The van der Waals surface area contributed by atoms with Gasteiger partial charge in [0.15, 0.2) is 5.82 Å². The van der Waals surface area contributed by atoms with Gasteiger partial charge in [0.1, 0.15) is 0 Å². The lowest BCUT2D eigenvalue weighted by atomic mass is 9.67. The Balaban J connectivity index is 1.28. The van der Waals surface area contributed by atoms with E-state index in [0.29, 0.717) is 5.82 Å². The predicted molar refractivity (Wildman–Crippen MR) is 247 cm³/mol. The zero-order chi connectivity index (χ0) is 37.9. The van der Waals surface area contributed by atoms with Crippen molar-refractivity contribution >= 4 is 54.1 Å². The Morgan fingerprint density at radius 3 is 1.58 bits per heavy atom. The molecule has 0 unspecified atom stereocenters. The summed E-state index contributed by atoms with van der Waals surface area (Å²) in [4.78, 5) is 11.1. The average molecular weight is 857 g/mol. The Labute approximate surface area is 349 Å². The zero-order valence-electron chi connectivity index (χ0n) is 30.7. The highest BCUT2D eigenvalue weighted by Crippen LogP contribution is 2.58. The van der Waals surface area contributed by atoms with E-state index in [1.165, 1.54) is 53.6 Å². The summed E-state index contributed by atoms with van der Waals surface area (Å²) in [6, 6.07) is 72.6. The fraction of sp³-hybridized carbons (Fsp3) is 0.0189. The third-order valence-electron chi connectivity index (χ3n) is 11.5. The molecule has 57 heavy (non-hydrogen) atoms. The molecule has 268 valence electrons. The van der Waals surface area contributed by atoms with Crippen molar-refractivity contribution in [2.24, 2.45) is 0 Å². The molecule has 0 saturated heterocycles. The lowest BCUT2D eigenvalue weighted by Crippen LogP contribution is -2.28. The summed E-state index contributed by atoms with van der Waals surface area (Å²) < 4.78 is 3.60. The van der Waals surface area contributed by atoms with Gasteiger partial charge in [-0.25, -0.2) is 9.97 Å². The number of hydrogen-bond donors (Lipinski definition) is 0. The molecule has 10 aromatic rings. The Bertz CT molecular complexity index is 3020. The third kappa shape index (κ3) is 5.42. The fourth-order valence-electron chi connectivity index (χ4n) is 8.95. The van der Waals surface area contributed by atoms with E-state index in [4.69, 9.17) is 9.97 Å². The number of rotatable bonds is 6. The van der Waals surface area contributed by atoms with Gasteiger partial charge in [-0.3, -0.25) is 0 Å². The molecule has 0 atom stereocenters. The maximum Gasteiger partial charge on any atom is 0.161 e. The molecule has 4 heteroatoms. The second-order valence-corrected chi connectivity index (χ2v) is 16.7. The number of halogens is 1. The summed E-state index contributed by atoms with van der Waals surface area (Å²) in [5, 5.41) is 2.55. The van der Waals surface area contributed by atoms with Gasteiger partial charge >= 0.3 is 0 Å². The molecule has 0 radical (unpaired) electrons. The number of thiophene rings is 1. The van der Waals surface area contributed by atoms with E-state index >= 15 is 0 Å². The van der Waals surface area contributed by atoms with Crippen LogP contribution < -0.4 is 0 Å². The van der Waals surface area contributed by atoms with E-state index in [9.17, 15) is 0 Å². The second kappa shape index (κ2) is 13.8. The van der Waals surface area contributed by atoms with Crippen LogP contribution in [0.15, 0.2) is 200 Å². The Kier molecular flexibility index (Phi) is 8.23. The molecule has 0 spiro atoms. The van der Waals surface area contributed by atoms with Gasteiger partial charge < -0.3 is 0 Å². The lowest BCUT2D eigenvalue weighted by Gasteiger charge is -2.34. The molecule has 0 saturated carbocycles. The van der Waals surface area contributed by atoms with Gasteiger partial charge in [0.2, 0.25) is 0 Å². The molecule has 0 fully saturated rings. The number of hydrogen-bond acceptors (Lipinski definition) is 3. The monoisotopic (exact) mass is 856 g/mol. The number of benzene rings is 8. The van der Waals surface area contributed by atoms with Crippen LogP contribution in [0.25, 0.3) is 76.3 Å². The highest BCUT2D eigenvalue weighted by atomic mass is 127. The van der Waals surface area contributed by atoms with E-state index in [1.54, 1.807) is 0 Å². The van der Waals surface area contributed by atoms with Gasteiger partial charge in [0, 0.05) is 36.9 Å². The standard InChI is InChI=1S/C53H33IN2S/c54-49-50(34-17-5-1-6-18-34)55-52(56-51(49)35-19-7-2-8-20-35)44-33-46-42(32-41(44)36-29-30-48-43(31-36)40-26-14-16-28-47(40)57-48)39-25-13-15-27-45(39)53(46,37-21-9-3-10-22-37)38-23-11-4-12-24-38/h1-33H. The number of fused-ring (bicyclic) bond motifs is 6. The molecule has 11 rings (SSSR count). The summed E-state index contributed by atoms with van der Waals surface area (Å²) >= 11 is 4.29. The van der Waals surface area contributed by atoms with Crippen molar-refractivity contribution < 1.29 is 0 Å². The molecule has 2 aromatic heterocycles.